The molecule has 0 spiro atoms. The third-order valence-corrected chi connectivity index (χ3v) is 2.76. The van der Waals surface area contributed by atoms with Crippen LogP contribution in [0.15, 0.2) is 12.4 Å². The van der Waals surface area contributed by atoms with E-state index in [1.165, 1.54) is 17.3 Å². The number of nitrogens with zero attached hydrogens (tertiary/aromatic N) is 4. The van der Waals surface area contributed by atoms with Crippen LogP contribution in [0.5, 0.6) is 0 Å². The first-order valence-electron chi connectivity index (χ1n) is 5.59. The van der Waals surface area contributed by atoms with Crippen LogP contribution >= 0.6 is 0 Å². The summed E-state index contributed by atoms with van der Waals surface area (Å²) in [7, 11) is 0. The zero-order valence-electron chi connectivity index (χ0n) is 9.61. The first kappa shape index (κ1) is 12.2. The van der Waals surface area contributed by atoms with Gasteiger partial charge in [0.15, 0.2) is 0 Å². The van der Waals surface area contributed by atoms with Gasteiger partial charge in [0.05, 0.1) is 18.3 Å². The van der Waals surface area contributed by atoms with Crippen molar-refractivity contribution >= 4 is 17.9 Å². The number of urea groups is 1. The van der Waals surface area contributed by atoms with E-state index in [0.29, 0.717) is 19.4 Å². The molecule has 0 saturated carbocycles. The molecule has 0 aliphatic carbocycles. The van der Waals surface area contributed by atoms with Gasteiger partial charge >= 0.3 is 12.0 Å². The zero-order chi connectivity index (χ0) is 13.0. The molecule has 1 aliphatic heterocycles. The van der Waals surface area contributed by atoms with Crippen LogP contribution in [0.3, 0.4) is 0 Å². The molecule has 18 heavy (non-hydrogen) atoms. The number of carbonyl (C=O) groups is 2. The van der Waals surface area contributed by atoms with Crippen LogP contribution in [-0.2, 0) is 4.79 Å². The van der Waals surface area contributed by atoms with Crippen LogP contribution in [0, 0.1) is 5.92 Å². The molecule has 1 fully saturated rings. The Kier molecular flexibility index (Phi) is 3.66. The van der Waals surface area contributed by atoms with Gasteiger partial charge in [0, 0.05) is 13.1 Å². The largest absolute Gasteiger partial charge is 0.481 e. The van der Waals surface area contributed by atoms with Crippen LogP contribution in [0.1, 0.15) is 12.8 Å². The SMILES string of the molecule is O=C(O)[C@H]1CCCN(C(=O)Nc2nccnn2)C1. The van der Waals surface area contributed by atoms with Crippen molar-refractivity contribution in [3.8, 4) is 0 Å². The van der Waals surface area contributed by atoms with Gasteiger partial charge in [-0.15, -0.1) is 5.10 Å². The van der Waals surface area contributed by atoms with Crippen LogP contribution in [0.2, 0.25) is 0 Å². The van der Waals surface area contributed by atoms with Crippen LogP contribution in [0.25, 0.3) is 0 Å². The van der Waals surface area contributed by atoms with Crippen LogP contribution in [0.4, 0.5) is 10.7 Å². The van der Waals surface area contributed by atoms with E-state index < -0.39 is 17.9 Å². The Morgan fingerprint density at radius 1 is 1.44 bits per heavy atom. The van der Waals surface area contributed by atoms with Crippen LogP contribution in [-0.4, -0.2) is 50.3 Å². The summed E-state index contributed by atoms with van der Waals surface area (Å²) >= 11 is 0. The molecule has 96 valence electrons. The lowest BCUT2D eigenvalue weighted by atomic mass is 9.99. The quantitative estimate of drug-likeness (QED) is 0.777. The molecule has 0 aromatic carbocycles. The molecular formula is C10H13N5O3. The molecule has 0 unspecified atom stereocenters. The molecule has 0 radical (unpaired) electrons. The summed E-state index contributed by atoms with van der Waals surface area (Å²) in [6.45, 7) is 0.747. The van der Waals surface area contributed by atoms with E-state index >= 15 is 0 Å². The molecular weight excluding hydrogens is 238 g/mol. The number of hydrogen-bond donors (Lipinski definition) is 2. The minimum Gasteiger partial charge on any atom is -0.481 e. The average Bonchev–Trinajstić information content (AvgIpc) is 2.40. The fourth-order valence-corrected chi connectivity index (χ4v) is 1.84. The number of carboxylic acids is 1. The lowest BCUT2D eigenvalue weighted by molar-refractivity contribution is -0.143. The second-order valence-electron chi connectivity index (χ2n) is 4.02. The fraction of sp³-hybridized carbons (Fsp3) is 0.500. The van der Waals surface area contributed by atoms with Gasteiger partial charge in [-0.3, -0.25) is 10.1 Å². The topological polar surface area (TPSA) is 108 Å². The van der Waals surface area contributed by atoms with Crippen molar-refractivity contribution in [2.45, 2.75) is 12.8 Å². The number of aliphatic carboxylic acids is 1. The number of aromatic nitrogens is 3. The van der Waals surface area contributed by atoms with Gasteiger partial charge < -0.3 is 10.0 Å². The molecule has 1 atom stereocenters. The molecule has 8 nitrogen and oxygen atoms in total. The van der Waals surface area contributed by atoms with Crippen molar-refractivity contribution in [2.24, 2.45) is 5.92 Å². The zero-order valence-corrected chi connectivity index (χ0v) is 9.61. The number of amides is 2. The number of piperidine rings is 1. The molecule has 2 rings (SSSR count). The minimum atomic E-state index is -0.870. The standard InChI is InChI=1S/C10H13N5O3/c16-8(17)7-2-1-5-15(6-7)10(18)13-9-11-3-4-12-14-9/h3-4,7H,1-2,5-6H2,(H,16,17)(H,11,13,14,18)/t7-/m0/s1. The monoisotopic (exact) mass is 251 g/mol. The number of nitrogens with one attached hydrogen (secondary N) is 1. The van der Waals surface area contributed by atoms with Gasteiger partial charge in [-0.25, -0.2) is 9.78 Å². The number of carboxylic acid groups (broad SMARTS) is 1. The van der Waals surface area contributed by atoms with E-state index in [2.05, 4.69) is 20.5 Å². The summed E-state index contributed by atoms with van der Waals surface area (Å²) in [5.41, 5.74) is 0. The van der Waals surface area contributed by atoms with Crippen molar-refractivity contribution < 1.29 is 14.7 Å². The Hall–Kier alpha value is -2.25. The summed E-state index contributed by atoms with van der Waals surface area (Å²) in [4.78, 5) is 28.0. The molecule has 0 bridgehead atoms. The van der Waals surface area contributed by atoms with E-state index in [-0.39, 0.29) is 12.5 Å². The van der Waals surface area contributed by atoms with Crippen LogP contribution < -0.4 is 5.32 Å². The Bertz CT molecular complexity index is 438. The molecule has 2 amide bonds. The number of hydrogen-bond acceptors (Lipinski definition) is 5. The second-order valence-corrected chi connectivity index (χ2v) is 4.02. The lowest BCUT2D eigenvalue weighted by Crippen LogP contribution is -2.44. The highest BCUT2D eigenvalue weighted by Crippen LogP contribution is 2.17. The number of rotatable bonds is 2. The summed E-state index contributed by atoms with van der Waals surface area (Å²) < 4.78 is 0. The highest BCUT2D eigenvalue weighted by molar-refractivity contribution is 5.87. The predicted molar refractivity (Wildman–Crippen MR) is 60.8 cm³/mol. The number of anilines is 1. The summed E-state index contributed by atoms with van der Waals surface area (Å²) in [6.07, 6.45) is 4.09. The molecule has 8 heteroatoms. The molecule has 2 heterocycles. The first-order valence-corrected chi connectivity index (χ1v) is 5.59. The molecule has 2 N–H and O–H groups in total. The molecule has 1 aliphatic rings. The fourth-order valence-electron chi connectivity index (χ4n) is 1.84. The van der Waals surface area contributed by atoms with E-state index in [1.807, 2.05) is 0 Å². The second kappa shape index (κ2) is 5.39. The molecule has 1 aromatic rings. The highest BCUT2D eigenvalue weighted by Gasteiger charge is 2.28. The van der Waals surface area contributed by atoms with Crippen molar-refractivity contribution in [1.29, 1.82) is 0 Å². The van der Waals surface area contributed by atoms with Crippen molar-refractivity contribution in [1.82, 2.24) is 20.1 Å². The van der Waals surface area contributed by atoms with Gasteiger partial charge in [0.25, 0.3) is 5.95 Å². The Morgan fingerprint density at radius 3 is 2.94 bits per heavy atom. The maximum Gasteiger partial charge on any atom is 0.324 e. The normalized spacial score (nSPS) is 19.3. The van der Waals surface area contributed by atoms with E-state index in [4.69, 9.17) is 5.11 Å². The van der Waals surface area contributed by atoms with Gasteiger partial charge in [0.1, 0.15) is 0 Å². The summed E-state index contributed by atoms with van der Waals surface area (Å²) in [5.74, 6) is -1.26. The number of likely N-dealkylation sites (tertiary alicyclic amines) is 1. The Balaban J connectivity index is 1.95. The lowest BCUT2D eigenvalue weighted by Gasteiger charge is -2.30. The average molecular weight is 251 g/mol. The third kappa shape index (κ3) is 2.90. The third-order valence-electron chi connectivity index (χ3n) is 2.76. The van der Waals surface area contributed by atoms with Crippen molar-refractivity contribution in [2.75, 3.05) is 18.4 Å². The molecule has 1 saturated heterocycles. The van der Waals surface area contributed by atoms with Gasteiger partial charge in [0.2, 0.25) is 0 Å². The van der Waals surface area contributed by atoms with Gasteiger partial charge in [-0.1, -0.05) is 0 Å². The smallest absolute Gasteiger partial charge is 0.324 e. The Labute approximate surface area is 103 Å². The van der Waals surface area contributed by atoms with Gasteiger partial charge in [-0.05, 0) is 12.8 Å². The van der Waals surface area contributed by atoms with Gasteiger partial charge in [-0.2, -0.15) is 5.10 Å². The molecule has 1 aromatic heterocycles. The van der Waals surface area contributed by atoms with E-state index in [1.54, 1.807) is 0 Å². The maximum atomic E-state index is 11.8. The minimum absolute atomic E-state index is 0.111. The maximum absolute atomic E-state index is 11.8. The first-order chi connectivity index (χ1) is 8.66. The summed E-state index contributed by atoms with van der Waals surface area (Å²) in [6, 6.07) is -0.394. The Morgan fingerprint density at radius 2 is 2.28 bits per heavy atom. The van der Waals surface area contributed by atoms with E-state index in [0.717, 1.165) is 0 Å². The van der Waals surface area contributed by atoms with E-state index in [9.17, 15) is 9.59 Å². The van der Waals surface area contributed by atoms with Crippen molar-refractivity contribution in [3.63, 3.8) is 0 Å². The number of carbonyl (C=O) groups excluding carboxylic acids is 1. The summed E-state index contributed by atoms with van der Waals surface area (Å²) in [5, 5.41) is 18.6. The van der Waals surface area contributed by atoms with Crippen molar-refractivity contribution in [3.05, 3.63) is 12.4 Å². The highest BCUT2D eigenvalue weighted by atomic mass is 16.4. The predicted octanol–water partition coefficient (Wildman–Crippen LogP) is 0.200.